The van der Waals surface area contributed by atoms with E-state index >= 15 is 0 Å². The molecule has 2 heterocycles. The van der Waals surface area contributed by atoms with Crippen LogP contribution in [-0.2, 0) is 17.5 Å². The minimum absolute atomic E-state index is 0.0449. The van der Waals surface area contributed by atoms with Gasteiger partial charge in [-0.3, -0.25) is 4.40 Å². The van der Waals surface area contributed by atoms with Crippen molar-refractivity contribution in [1.82, 2.24) is 9.38 Å². The maximum atomic E-state index is 13.6. The Balaban J connectivity index is 1.82. The number of fused-ring (bicyclic) bond motifs is 3. The lowest BCUT2D eigenvalue weighted by molar-refractivity contribution is -0.137. The summed E-state index contributed by atoms with van der Waals surface area (Å²) in [6.07, 6.45) is -4.06. The van der Waals surface area contributed by atoms with Gasteiger partial charge in [0.2, 0.25) is 0 Å². The van der Waals surface area contributed by atoms with Crippen LogP contribution in [0.5, 0.6) is 0 Å². The fourth-order valence-corrected chi connectivity index (χ4v) is 4.46. The Morgan fingerprint density at radius 3 is 2.75 bits per heavy atom. The van der Waals surface area contributed by atoms with E-state index < -0.39 is 17.8 Å². The summed E-state index contributed by atoms with van der Waals surface area (Å²) in [5.41, 5.74) is 5.24. The molecule has 0 atom stereocenters. The molecule has 4 aromatic rings. The van der Waals surface area contributed by atoms with Gasteiger partial charge in [-0.15, -0.1) is 0 Å². The largest absolute Gasteiger partial charge is 0.445 e. The van der Waals surface area contributed by atoms with E-state index in [-0.39, 0.29) is 23.4 Å². The van der Waals surface area contributed by atoms with Gasteiger partial charge in [-0.25, -0.2) is 9.78 Å². The standard InChI is InChI=1S/C18H11BrF3N3O2S/c19-10-2-4-14-15(6-10)28-17-24-13(7-25(14)17)11-3-1-9(8-27-16(23)26)5-12(11)18(20,21)22/h1-7H,8H2,(H2,23,26). The average Bonchev–Trinajstić information content (AvgIpc) is 3.16. The van der Waals surface area contributed by atoms with E-state index in [2.05, 4.69) is 25.7 Å². The van der Waals surface area contributed by atoms with Gasteiger partial charge < -0.3 is 10.5 Å². The Labute approximate surface area is 168 Å². The van der Waals surface area contributed by atoms with E-state index in [4.69, 9.17) is 5.73 Å². The maximum Gasteiger partial charge on any atom is 0.417 e. The van der Waals surface area contributed by atoms with Crippen LogP contribution in [0.25, 0.3) is 26.4 Å². The van der Waals surface area contributed by atoms with Crippen LogP contribution in [0.1, 0.15) is 11.1 Å². The summed E-state index contributed by atoms with van der Waals surface area (Å²) < 4.78 is 49.1. The number of amides is 1. The van der Waals surface area contributed by atoms with E-state index in [0.717, 1.165) is 20.8 Å². The zero-order valence-electron chi connectivity index (χ0n) is 14.0. The highest BCUT2D eigenvalue weighted by Gasteiger charge is 2.34. The molecular formula is C18H11BrF3N3O2S. The summed E-state index contributed by atoms with van der Waals surface area (Å²) in [7, 11) is 0. The Hall–Kier alpha value is -2.59. The molecule has 4 rings (SSSR count). The SMILES string of the molecule is NC(=O)OCc1ccc(-c2cn3c(n2)sc2cc(Br)ccc23)c(C(F)(F)F)c1. The molecule has 2 N–H and O–H groups in total. The molecule has 0 fully saturated rings. The van der Waals surface area contributed by atoms with Crippen LogP contribution in [0.2, 0.25) is 0 Å². The molecule has 10 heteroatoms. The molecule has 2 aromatic heterocycles. The van der Waals surface area contributed by atoms with Crippen molar-refractivity contribution in [2.24, 2.45) is 5.73 Å². The number of halogens is 4. The smallest absolute Gasteiger partial charge is 0.417 e. The topological polar surface area (TPSA) is 69.6 Å². The first kappa shape index (κ1) is 18.8. The van der Waals surface area contributed by atoms with E-state index in [1.807, 2.05) is 18.2 Å². The number of carbonyl (C=O) groups excluding carboxylic acids is 1. The second-order valence-electron chi connectivity index (χ2n) is 5.98. The van der Waals surface area contributed by atoms with Crippen LogP contribution in [0, 0.1) is 0 Å². The fraction of sp³-hybridized carbons (Fsp3) is 0.111. The first-order valence-electron chi connectivity index (χ1n) is 7.92. The highest BCUT2D eigenvalue weighted by molar-refractivity contribution is 9.10. The number of nitrogens with zero attached hydrogens (tertiary/aromatic N) is 2. The van der Waals surface area contributed by atoms with Crippen molar-refractivity contribution in [3.63, 3.8) is 0 Å². The molecule has 28 heavy (non-hydrogen) atoms. The zero-order valence-corrected chi connectivity index (χ0v) is 16.4. The van der Waals surface area contributed by atoms with Crippen molar-refractivity contribution < 1.29 is 22.7 Å². The monoisotopic (exact) mass is 469 g/mol. The summed E-state index contributed by atoms with van der Waals surface area (Å²) in [6.45, 7) is -0.337. The highest BCUT2D eigenvalue weighted by atomic mass is 79.9. The quantitative estimate of drug-likeness (QED) is 0.424. The third-order valence-electron chi connectivity index (χ3n) is 4.10. The zero-order chi connectivity index (χ0) is 20.1. The lowest BCUT2D eigenvalue weighted by Crippen LogP contribution is -2.13. The first-order chi connectivity index (χ1) is 13.2. The number of ether oxygens (including phenoxy) is 1. The molecule has 144 valence electrons. The van der Waals surface area contributed by atoms with Crippen molar-refractivity contribution in [1.29, 1.82) is 0 Å². The van der Waals surface area contributed by atoms with E-state index in [1.54, 1.807) is 10.6 Å². The number of benzene rings is 2. The molecule has 0 saturated carbocycles. The van der Waals surface area contributed by atoms with Gasteiger partial charge in [-0.2, -0.15) is 13.2 Å². The van der Waals surface area contributed by atoms with Crippen molar-refractivity contribution in [3.8, 4) is 11.3 Å². The molecule has 0 aliphatic carbocycles. The molecule has 5 nitrogen and oxygen atoms in total. The first-order valence-corrected chi connectivity index (χ1v) is 9.53. The number of rotatable bonds is 3. The lowest BCUT2D eigenvalue weighted by Gasteiger charge is -2.13. The highest BCUT2D eigenvalue weighted by Crippen LogP contribution is 2.39. The summed E-state index contributed by atoms with van der Waals surface area (Å²) in [5.74, 6) is 0. The number of primary amides is 1. The summed E-state index contributed by atoms with van der Waals surface area (Å²) in [5, 5.41) is 0. The molecule has 0 saturated heterocycles. The van der Waals surface area contributed by atoms with Crippen LogP contribution in [0.3, 0.4) is 0 Å². The Morgan fingerprint density at radius 1 is 1.25 bits per heavy atom. The van der Waals surface area contributed by atoms with Gasteiger partial charge in [-0.1, -0.05) is 39.4 Å². The molecule has 2 aromatic carbocycles. The van der Waals surface area contributed by atoms with Gasteiger partial charge in [0.1, 0.15) is 6.61 Å². The predicted molar refractivity (Wildman–Crippen MR) is 103 cm³/mol. The van der Waals surface area contributed by atoms with Crippen LogP contribution >= 0.6 is 27.3 Å². The molecule has 0 spiro atoms. The second-order valence-corrected chi connectivity index (χ2v) is 7.90. The number of aromatic nitrogens is 2. The number of hydrogen-bond acceptors (Lipinski definition) is 4. The summed E-state index contributed by atoms with van der Waals surface area (Å²) in [6, 6.07) is 9.40. The summed E-state index contributed by atoms with van der Waals surface area (Å²) in [4.78, 5) is 15.7. The molecular weight excluding hydrogens is 459 g/mol. The van der Waals surface area contributed by atoms with Crippen LogP contribution in [0.4, 0.5) is 18.0 Å². The minimum atomic E-state index is -4.60. The Kier molecular flexibility index (Phi) is 4.54. The normalized spacial score (nSPS) is 12.0. The Morgan fingerprint density at radius 2 is 2.04 bits per heavy atom. The van der Waals surface area contributed by atoms with Crippen molar-refractivity contribution in [3.05, 3.63) is 58.2 Å². The number of imidazole rings is 1. The molecule has 0 unspecified atom stereocenters. The fourth-order valence-electron chi connectivity index (χ4n) is 2.90. The summed E-state index contributed by atoms with van der Waals surface area (Å²) >= 11 is 4.79. The van der Waals surface area contributed by atoms with Gasteiger partial charge in [0.25, 0.3) is 0 Å². The van der Waals surface area contributed by atoms with Gasteiger partial charge >= 0.3 is 12.3 Å². The third-order valence-corrected chi connectivity index (χ3v) is 5.61. The molecule has 0 aliphatic rings. The number of carbonyl (C=O) groups is 1. The minimum Gasteiger partial charge on any atom is -0.445 e. The van der Waals surface area contributed by atoms with Gasteiger partial charge in [0.15, 0.2) is 4.96 Å². The lowest BCUT2D eigenvalue weighted by atomic mass is 10.0. The van der Waals surface area contributed by atoms with Gasteiger partial charge in [0, 0.05) is 16.2 Å². The van der Waals surface area contributed by atoms with E-state index in [9.17, 15) is 18.0 Å². The number of thiazole rings is 1. The van der Waals surface area contributed by atoms with Crippen LogP contribution in [-0.4, -0.2) is 15.5 Å². The second kappa shape index (κ2) is 6.78. The molecule has 1 amide bonds. The molecule has 0 aliphatic heterocycles. The van der Waals surface area contributed by atoms with E-state index in [0.29, 0.717) is 4.96 Å². The number of nitrogens with two attached hydrogens (primary N) is 1. The van der Waals surface area contributed by atoms with Gasteiger partial charge in [-0.05, 0) is 29.8 Å². The van der Waals surface area contributed by atoms with Crippen LogP contribution in [0.15, 0.2) is 47.1 Å². The molecule has 0 radical (unpaired) electrons. The maximum absolute atomic E-state index is 13.6. The number of alkyl halides is 3. The third kappa shape index (κ3) is 3.45. The van der Waals surface area contributed by atoms with Crippen molar-refractivity contribution >= 4 is 48.5 Å². The van der Waals surface area contributed by atoms with Crippen molar-refractivity contribution in [2.45, 2.75) is 12.8 Å². The average molecular weight is 470 g/mol. The van der Waals surface area contributed by atoms with Gasteiger partial charge in [0.05, 0.1) is 21.5 Å². The van der Waals surface area contributed by atoms with Crippen LogP contribution < -0.4 is 5.73 Å². The predicted octanol–water partition coefficient (Wildman–Crippen LogP) is 5.59. The van der Waals surface area contributed by atoms with E-state index in [1.165, 1.54) is 23.5 Å². The molecule has 0 bridgehead atoms. The number of hydrogen-bond donors (Lipinski definition) is 1. The van der Waals surface area contributed by atoms with Crippen molar-refractivity contribution in [2.75, 3.05) is 0 Å². The Bertz CT molecular complexity index is 1220.